The first-order valence-corrected chi connectivity index (χ1v) is 5.19. The van der Waals surface area contributed by atoms with Crippen molar-refractivity contribution in [1.29, 1.82) is 5.41 Å². The molecular formula is C10H20N2O3. The summed E-state index contributed by atoms with van der Waals surface area (Å²) in [4.78, 5) is 10.8. The van der Waals surface area contributed by atoms with Gasteiger partial charge in [0.15, 0.2) is 0 Å². The Morgan fingerprint density at radius 2 is 2.07 bits per heavy atom. The van der Waals surface area contributed by atoms with Gasteiger partial charge in [-0.1, -0.05) is 0 Å². The van der Waals surface area contributed by atoms with E-state index in [1.54, 1.807) is 0 Å². The van der Waals surface area contributed by atoms with Crippen molar-refractivity contribution in [2.24, 2.45) is 5.73 Å². The van der Waals surface area contributed by atoms with E-state index >= 15 is 0 Å². The predicted molar refractivity (Wildman–Crippen MR) is 57.9 cm³/mol. The van der Waals surface area contributed by atoms with E-state index in [2.05, 4.69) is 0 Å². The van der Waals surface area contributed by atoms with Gasteiger partial charge in [0, 0.05) is 5.71 Å². The van der Waals surface area contributed by atoms with Crippen molar-refractivity contribution in [3.63, 3.8) is 0 Å². The quantitative estimate of drug-likeness (QED) is 0.312. The Morgan fingerprint density at radius 3 is 2.60 bits per heavy atom. The molecule has 0 aliphatic rings. The third kappa shape index (κ3) is 8.08. The molecule has 0 aromatic heterocycles. The van der Waals surface area contributed by atoms with Crippen LogP contribution >= 0.6 is 0 Å². The first-order chi connectivity index (χ1) is 7.07. The van der Waals surface area contributed by atoms with Gasteiger partial charge in [-0.25, -0.2) is 4.79 Å². The second-order valence-electron chi connectivity index (χ2n) is 3.44. The third-order valence-electron chi connectivity index (χ3n) is 1.89. The molecule has 0 bridgehead atoms. The molecular weight excluding hydrogens is 196 g/mol. The van der Waals surface area contributed by atoms with Gasteiger partial charge in [-0.05, 0) is 39.2 Å². The number of nitrogens with two attached hydrogens (primary N) is 1. The number of rotatable bonds is 8. The third-order valence-corrected chi connectivity index (χ3v) is 1.89. The van der Waals surface area contributed by atoms with Crippen LogP contribution < -0.4 is 5.73 Å². The number of hydrogen-bond donors (Lipinski definition) is 3. The summed E-state index contributed by atoms with van der Waals surface area (Å²) in [7, 11) is 0. The lowest BCUT2D eigenvalue weighted by molar-refractivity contribution is -0.152. The van der Waals surface area contributed by atoms with Gasteiger partial charge < -0.3 is 21.0 Å². The van der Waals surface area contributed by atoms with Gasteiger partial charge in [0.25, 0.3) is 0 Å². The molecule has 0 amide bonds. The maximum absolute atomic E-state index is 10.8. The molecule has 88 valence electrons. The van der Waals surface area contributed by atoms with E-state index in [1.165, 1.54) is 6.92 Å². The molecule has 0 radical (unpaired) electrons. The average Bonchev–Trinajstić information content (AvgIpc) is 2.20. The highest BCUT2D eigenvalue weighted by molar-refractivity contribution is 5.81. The van der Waals surface area contributed by atoms with Gasteiger partial charge in [-0.3, -0.25) is 0 Å². The number of hydrogen-bond acceptors (Lipinski definition) is 5. The summed E-state index contributed by atoms with van der Waals surface area (Å²) in [6.45, 7) is 2.22. The van der Waals surface area contributed by atoms with Crippen molar-refractivity contribution in [1.82, 2.24) is 0 Å². The van der Waals surface area contributed by atoms with Crippen molar-refractivity contribution < 1.29 is 14.6 Å². The lowest BCUT2D eigenvalue weighted by Crippen LogP contribution is -2.20. The molecule has 5 heteroatoms. The lowest BCUT2D eigenvalue weighted by Gasteiger charge is -2.06. The van der Waals surface area contributed by atoms with E-state index < -0.39 is 12.1 Å². The number of aliphatic hydroxyl groups excluding tert-OH is 1. The van der Waals surface area contributed by atoms with Crippen LogP contribution in [-0.4, -0.2) is 36.0 Å². The highest BCUT2D eigenvalue weighted by Crippen LogP contribution is 1.99. The van der Waals surface area contributed by atoms with Crippen molar-refractivity contribution >= 4 is 11.7 Å². The highest BCUT2D eigenvalue weighted by Gasteiger charge is 2.09. The number of ether oxygens (including phenoxy) is 1. The fourth-order valence-electron chi connectivity index (χ4n) is 1.02. The zero-order valence-electron chi connectivity index (χ0n) is 9.16. The number of esters is 1. The van der Waals surface area contributed by atoms with Crippen LogP contribution in [0.15, 0.2) is 0 Å². The first-order valence-electron chi connectivity index (χ1n) is 5.19. The lowest BCUT2D eigenvalue weighted by atomic mass is 10.1. The van der Waals surface area contributed by atoms with E-state index in [0.29, 0.717) is 31.5 Å². The van der Waals surface area contributed by atoms with E-state index in [-0.39, 0.29) is 6.61 Å². The molecule has 15 heavy (non-hydrogen) atoms. The largest absolute Gasteiger partial charge is 0.464 e. The molecule has 0 aromatic rings. The van der Waals surface area contributed by atoms with Crippen LogP contribution in [0.3, 0.4) is 0 Å². The Balaban J connectivity index is 3.38. The molecule has 0 heterocycles. The summed E-state index contributed by atoms with van der Waals surface area (Å²) in [5.74, 6) is -0.608. The molecule has 0 fully saturated rings. The summed E-state index contributed by atoms with van der Waals surface area (Å²) in [6.07, 6.45) is 1.71. The van der Waals surface area contributed by atoms with Gasteiger partial charge >= 0.3 is 5.97 Å². The van der Waals surface area contributed by atoms with Crippen molar-refractivity contribution in [2.45, 2.75) is 38.7 Å². The number of carbonyl (C=O) groups excluding carboxylic acids is 1. The molecule has 5 nitrogen and oxygen atoms in total. The number of nitrogens with one attached hydrogen (secondary N) is 1. The van der Waals surface area contributed by atoms with Crippen molar-refractivity contribution in [2.75, 3.05) is 13.2 Å². The summed E-state index contributed by atoms with van der Waals surface area (Å²) in [6, 6.07) is 0. The second kappa shape index (κ2) is 8.38. The molecule has 0 spiro atoms. The van der Waals surface area contributed by atoms with Gasteiger partial charge in [0.2, 0.25) is 0 Å². The molecule has 4 N–H and O–H groups in total. The van der Waals surface area contributed by atoms with E-state index in [4.69, 9.17) is 21.0 Å². The van der Waals surface area contributed by atoms with Gasteiger partial charge in [-0.2, -0.15) is 0 Å². The zero-order valence-corrected chi connectivity index (χ0v) is 9.16. The molecule has 0 aliphatic carbocycles. The fraction of sp³-hybridized carbons (Fsp3) is 0.800. The summed E-state index contributed by atoms with van der Waals surface area (Å²) in [5.41, 5.74) is 5.94. The van der Waals surface area contributed by atoms with Crippen LogP contribution in [0.5, 0.6) is 0 Å². The Bertz CT molecular complexity index is 205. The fourth-order valence-corrected chi connectivity index (χ4v) is 1.02. The molecule has 0 saturated heterocycles. The number of carbonyl (C=O) groups is 1. The molecule has 0 aliphatic heterocycles. The van der Waals surface area contributed by atoms with Gasteiger partial charge in [0.1, 0.15) is 6.10 Å². The summed E-state index contributed by atoms with van der Waals surface area (Å²) in [5, 5.41) is 16.3. The van der Waals surface area contributed by atoms with Crippen LogP contribution in [0.2, 0.25) is 0 Å². The van der Waals surface area contributed by atoms with Crippen LogP contribution in [-0.2, 0) is 9.53 Å². The Hall–Kier alpha value is -0.940. The normalized spacial score (nSPS) is 12.2. The van der Waals surface area contributed by atoms with Crippen molar-refractivity contribution in [3.8, 4) is 0 Å². The summed E-state index contributed by atoms with van der Waals surface area (Å²) >= 11 is 0. The first kappa shape index (κ1) is 14.1. The SMILES string of the molecule is CC(O)C(=O)OCCCC(=N)CCCN. The standard InChI is InChI=1S/C10H20N2O3/c1-8(13)10(14)15-7-3-5-9(12)4-2-6-11/h8,12-13H,2-7,11H2,1H3. The van der Waals surface area contributed by atoms with Crippen LogP contribution in [0.4, 0.5) is 0 Å². The molecule has 0 aromatic carbocycles. The Kier molecular flexibility index (Phi) is 7.85. The molecule has 0 rings (SSSR count). The molecule has 0 saturated carbocycles. The minimum atomic E-state index is -1.07. The Labute approximate surface area is 90.1 Å². The average molecular weight is 216 g/mol. The highest BCUT2D eigenvalue weighted by atomic mass is 16.5. The number of aliphatic hydroxyl groups is 1. The monoisotopic (exact) mass is 216 g/mol. The molecule has 1 atom stereocenters. The molecule has 1 unspecified atom stereocenters. The topological polar surface area (TPSA) is 96.4 Å². The maximum Gasteiger partial charge on any atom is 0.334 e. The van der Waals surface area contributed by atoms with Crippen LogP contribution in [0.25, 0.3) is 0 Å². The summed E-state index contributed by atoms with van der Waals surface area (Å²) < 4.78 is 4.75. The van der Waals surface area contributed by atoms with E-state index in [1.807, 2.05) is 0 Å². The van der Waals surface area contributed by atoms with Crippen molar-refractivity contribution in [3.05, 3.63) is 0 Å². The van der Waals surface area contributed by atoms with E-state index in [0.717, 1.165) is 6.42 Å². The maximum atomic E-state index is 10.8. The minimum Gasteiger partial charge on any atom is -0.464 e. The van der Waals surface area contributed by atoms with Gasteiger partial charge in [0.05, 0.1) is 6.61 Å². The second-order valence-corrected chi connectivity index (χ2v) is 3.44. The zero-order chi connectivity index (χ0) is 11.7. The van der Waals surface area contributed by atoms with Gasteiger partial charge in [-0.15, -0.1) is 0 Å². The minimum absolute atomic E-state index is 0.259. The predicted octanol–water partition coefficient (Wildman–Crippen LogP) is 0.449. The smallest absolute Gasteiger partial charge is 0.334 e. The Morgan fingerprint density at radius 1 is 1.47 bits per heavy atom. The van der Waals surface area contributed by atoms with Crippen LogP contribution in [0, 0.1) is 5.41 Å². The van der Waals surface area contributed by atoms with Crippen LogP contribution in [0.1, 0.15) is 32.6 Å². The van der Waals surface area contributed by atoms with E-state index in [9.17, 15) is 4.79 Å².